The van der Waals surface area contributed by atoms with Crippen molar-refractivity contribution in [1.29, 1.82) is 0 Å². The minimum absolute atomic E-state index is 0.0918. The summed E-state index contributed by atoms with van der Waals surface area (Å²) >= 11 is 6.35. The Morgan fingerprint density at radius 1 is 1.55 bits per heavy atom. The number of aromatic nitrogens is 2. The van der Waals surface area contributed by atoms with E-state index in [4.69, 9.17) is 11.6 Å². The molecule has 1 amide bonds. The smallest absolute Gasteiger partial charge is 0.246 e. The molecule has 1 aliphatic rings. The van der Waals surface area contributed by atoms with Crippen LogP contribution in [0.15, 0.2) is 6.08 Å². The zero-order chi connectivity index (χ0) is 16.3. The van der Waals surface area contributed by atoms with Crippen LogP contribution in [0.5, 0.6) is 0 Å². The van der Waals surface area contributed by atoms with E-state index in [2.05, 4.69) is 18.9 Å². The lowest BCUT2D eigenvalue weighted by molar-refractivity contribution is -0.128. The van der Waals surface area contributed by atoms with Gasteiger partial charge in [0.1, 0.15) is 5.15 Å². The van der Waals surface area contributed by atoms with Crippen molar-refractivity contribution in [3.8, 4) is 0 Å². The molecule has 22 heavy (non-hydrogen) atoms. The van der Waals surface area contributed by atoms with Crippen LogP contribution >= 0.6 is 11.6 Å². The second-order valence-electron chi connectivity index (χ2n) is 6.28. The van der Waals surface area contributed by atoms with E-state index in [1.807, 2.05) is 6.92 Å². The second-order valence-corrected chi connectivity index (χ2v) is 6.64. The van der Waals surface area contributed by atoms with Crippen molar-refractivity contribution in [3.63, 3.8) is 0 Å². The van der Waals surface area contributed by atoms with Crippen molar-refractivity contribution in [3.05, 3.63) is 22.5 Å². The summed E-state index contributed by atoms with van der Waals surface area (Å²) < 4.78 is 1.77. The topological polar surface area (TPSA) is 58.4 Å². The molecule has 1 aromatic heterocycles. The Morgan fingerprint density at radius 3 is 2.91 bits per heavy atom. The summed E-state index contributed by atoms with van der Waals surface area (Å²) in [5.74, 6) is 0.357. The number of aliphatic hydroxyl groups is 1. The van der Waals surface area contributed by atoms with Gasteiger partial charge in [0.25, 0.3) is 0 Å². The Hall–Kier alpha value is -1.33. The number of likely N-dealkylation sites (tertiary alicyclic amines) is 1. The molecule has 5 nitrogen and oxygen atoms in total. The standard InChI is InChI=1S/C16H24ClN3O2/c1-11(2)9-20-16(17)14(12(3)18-20)6-7-15(22)19-8-4-5-13(21)10-19/h6-7,11,13,21H,4-5,8-10H2,1-3H3. The van der Waals surface area contributed by atoms with Gasteiger partial charge in [-0.2, -0.15) is 5.10 Å². The molecular weight excluding hydrogens is 302 g/mol. The minimum Gasteiger partial charge on any atom is -0.391 e. The lowest BCUT2D eigenvalue weighted by Gasteiger charge is -2.29. The highest BCUT2D eigenvalue weighted by Gasteiger charge is 2.20. The largest absolute Gasteiger partial charge is 0.391 e. The zero-order valence-corrected chi connectivity index (χ0v) is 14.2. The van der Waals surface area contributed by atoms with Crippen LogP contribution in [-0.4, -0.2) is 44.9 Å². The first-order valence-electron chi connectivity index (χ1n) is 7.76. The van der Waals surface area contributed by atoms with Gasteiger partial charge in [-0.05, 0) is 31.8 Å². The molecule has 1 aromatic rings. The number of halogens is 1. The molecule has 2 heterocycles. The van der Waals surface area contributed by atoms with E-state index in [1.165, 1.54) is 6.08 Å². The number of aliphatic hydroxyl groups excluding tert-OH is 1. The third kappa shape index (κ3) is 4.11. The SMILES string of the molecule is Cc1nn(CC(C)C)c(Cl)c1C=CC(=O)N1CCCC(O)C1. The maximum Gasteiger partial charge on any atom is 0.246 e. The fraction of sp³-hybridized carbons (Fsp3) is 0.625. The first-order chi connectivity index (χ1) is 10.4. The van der Waals surface area contributed by atoms with Crippen LogP contribution < -0.4 is 0 Å². The van der Waals surface area contributed by atoms with Crippen molar-refractivity contribution in [2.24, 2.45) is 5.92 Å². The Kier molecular flexibility index (Phi) is 5.64. The predicted molar refractivity (Wildman–Crippen MR) is 87.7 cm³/mol. The van der Waals surface area contributed by atoms with E-state index < -0.39 is 6.10 Å². The summed E-state index contributed by atoms with van der Waals surface area (Å²) in [4.78, 5) is 13.9. The number of piperidine rings is 1. The van der Waals surface area contributed by atoms with Crippen LogP contribution in [0, 0.1) is 12.8 Å². The number of hydrogen-bond donors (Lipinski definition) is 1. The average molecular weight is 326 g/mol. The summed E-state index contributed by atoms with van der Waals surface area (Å²) in [6, 6.07) is 0. The van der Waals surface area contributed by atoms with Crippen molar-refractivity contribution < 1.29 is 9.90 Å². The van der Waals surface area contributed by atoms with E-state index in [0.29, 0.717) is 24.2 Å². The number of β-amino-alcohol motifs (C(OH)–C–C–N with tert-alkyl or cyclic N) is 1. The van der Waals surface area contributed by atoms with E-state index >= 15 is 0 Å². The highest BCUT2D eigenvalue weighted by atomic mass is 35.5. The van der Waals surface area contributed by atoms with Gasteiger partial charge in [-0.3, -0.25) is 9.48 Å². The number of nitrogens with zero attached hydrogens (tertiary/aromatic N) is 3. The highest BCUT2D eigenvalue weighted by molar-refractivity contribution is 6.31. The van der Waals surface area contributed by atoms with Gasteiger partial charge in [0.2, 0.25) is 5.91 Å². The summed E-state index contributed by atoms with van der Waals surface area (Å²) in [5, 5.41) is 14.6. The lowest BCUT2D eigenvalue weighted by atomic mass is 10.1. The third-order valence-electron chi connectivity index (χ3n) is 3.75. The zero-order valence-electron chi connectivity index (χ0n) is 13.4. The Morgan fingerprint density at radius 2 is 2.27 bits per heavy atom. The molecule has 1 saturated heterocycles. The number of hydrogen-bond acceptors (Lipinski definition) is 3. The maximum atomic E-state index is 12.2. The molecule has 0 aliphatic carbocycles. The Labute approximate surface area is 136 Å². The molecule has 0 radical (unpaired) electrons. The van der Waals surface area contributed by atoms with E-state index in [1.54, 1.807) is 15.7 Å². The quantitative estimate of drug-likeness (QED) is 0.865. The van der Waals surface area contributed by atoms with Gasteiger partial charge >= 0.3 is 0 Å². The molecule has 6 heteroatoms. The van der Waals surface area contributed by atoms with Crippen LogP contribution in [0.1, 0.15) is 37.9 Å². The minimum atomic E-state index is -0.412. The lowest BCUT2D eigenvalue weighted by Crippen LogP contribution is -2.41. The van der Waals surface area contributed by atoms with Crippen LogP contribution in [0.25, 0.3) is 6.08 Å². The van der Waals surface area contributed by atoms with Gasteiger partial charge in [0.15, 0.2) is 0 Å². The molecule has 122 valence electrons. The van der Waals surface area contributed by atoms with E-state index in [0.717, 1.165) is 30.6 Å². The number of aryl methyl sites for hydroxylation is 1. The van der Waals surface area contributed by atoms with Crippen molar-refractivity contribution >= 4 is 23.6 Å². The normalized spacial score (nSPS) is 19.4. The van der Waals surface area contributed by atoms with Gasteiger partial charge in [0, 0.05) is 31.3 Å². The second kappa shape index (κ2) is 7.29. The Bertz CT molecular complexity index is 566. The number of carbonyl (C=O) groups is 1. The summed E-state index contributed by atoms with van der Waals surface area (Å²) in [6.07, 6.45) is 4.44. The van der Waals surface area contributed by atoms with Gasteiger partial charge in [-0.25, -0.2) is 0 Å². The average Bonchev–Trinajstić information content (AvgIpc) is 2.70. The van der Waals surface area contributed by atoms with Gasteiger partial charge < -0.3 is 10.0 Å². The van der Waals surface area contributed by atoms with Crippen molar-refractivity contribution in [2.75, 3.05) is 13.1 Å². The van der Waals surface area contributed by atoms with Crippen LogP contribution in [-0.2, 0) is 11.3 Å². The van der Waals surface area contributed by atoms with E-state index in [-0.39, 0.29) is 5.91 Å². The van der Waals surface area contributed by atoms with E-state index in [9.17, 15) is 9.90 Å². The molecule has 0 aromatic carbocycles. The van der Waals surface area contributed by atoms with Crippen molar-refractivity contribution in [1.82, 2.24) is 14.7 Å². The molecule has 0 bridgehead atoms. The van der Waals surface area contributed by atoms with Crippen LogP contribution in [0.4, 0.5) is 0 Å². The van der Waals surface area contributed by atoms with Gasteiger partial charge in [0.05, 0.1) is 11.8 Å². The fourth-order valence-corrected chi connectivity index (χ4v) is 2.94. The molecule has 1 N–H and O–H groups in total. The van der Waals surface area contributed by atoms with Gasteiger partial charge in [-0.15, -0.1) is 0 Å². The molecule has 0 spiro atoms. The summed E-state index contributed by atoms with van der Waals surface area (Å²) in [5.41, 5.74) is 1.60. The molecule has 1 unspecified atom stereocenters. The number of rotatable bonds is 4. The van der Waals surface area contributed by atoms with Crippen molar-refractivity contribution in [2.45, 2.75) is 46.3 Å². The third-order valence-corrected chi connectivity index (χ3v) is 4.15. The molecule has 1 aliphatic heterocycles. The summed E-state index contributed by atoms with van der Waals surface area (Å²) in [7, 11) is 0. The molecule has 1 atom stereocenters. The molecule has 0 saturated carbocycles. The monoisotopic (exact) mass is 325 g/mol. The number of amides is 1. The predicted octanol–water partition coefficient (Wildman–Crippen LogP) is 2.50. The summed E-state index contributed by atoms with van der Waals surface area (Å²) in [6.45, 7) is 7.95. The number of carbonyl (C=O) groups excluding carboxylic acids is 1. The van der Waals surface area contributed by atoms with Gasteiger partial charge in [-0.1, -0.05) is 25.4 Å². The Balaban J connectivity index is 2.09. The van der Waals surface area contributed by atoms with Crippen LogP contribution in [0.3, 0.4) is 0 Å². The first-order valence-corrected chi connectivity index (χ1v) is 8.14. The highest BCUT2D eigenvalue weighted by Crippen LogP contribution is 2.22. The molecular formula is C16H24ClN3O2. The maximum absolute atomic E-state index is 12.2. The molecule has 1 fully saturated rings. The first kappa shape index (κ1) is 17.0. The van der Waals surface area contributed by atoms with Crippen LogP contribution in [0.2, 0.25) is 5.15 Å². The fourth-order valence-electron chi connectivity index (χ4n) is 2.64. The molecule has 2 rings (SSSR count).